The van der Waals surface area contributed by atoms with Crippen LogP contribution >= 0.6 is 0 Å². The molecule has 0 aliphatic heterocycles. The summed E-state index contributed by atoms with van der Waals surface area (Å²) in [5.41, 5.74) is 2.71. The molecule has 0 unspecified atom stereocenters. The Morgan fingerprint density at radius 3 is 2.37 bits per heavy atom. The number of carbonyl (C=O) groups excluding carboxylic acids is 3. The first-order chi connectivity index (χ1) is 14.5. The van der Waals surface area contributed by atoms with Gasteiger partial charge < -0.3 is 14.8 Å². The predicted molar refractivity (Wildman–Crippen MR) is 115 cm³/mol. The molecule has 7 nitrogen and oxygen atoms in total. The van der Waals surface area contributed by atoms with Crippen LogP contribution in [0.2, 0.25) is 0 Å². The number of nitrogens with zero attached hydrogens (tertiary/aromatic N) is 1. The Morgan fingerprint density at radius 2 is 1.70 bits per heavy atom. The van der Waals surface area contributed by atoms with Gasteiger partial charge in [0.2, 0.25) is 0 Å². The van der Waals surface area contributed by atoms with Gasteiger partial charge >= 0.3 is 11.9 Å². The molecule has 0 atom stereocenters. The van der Waals surface area contributed by atoms with Crippen molar-refractivity contribution in [3.05, 3.63) is 41.5 Å². The predicted octanol–water partition coefficient (Wildman–Crippen LogP) is 2.81. The number of hydrogen-bond donors (Lipinski definition) is 1. The summed E-state index contributed by atoms with van der Waals surface area (Å²) in [5.74, 6) is -0.637. The molecule has 0 saturated carbocycles. The number of benzene rings is 2. The standard InChI is InChI=1S/C23H28N2O5/c1-3-29-20(27)14-25(15-21(28)30-4-2)13-12-24-18-10-8-16-6-5-7-17-9-11-19(26)23(18)22(16)17/h5-8,10,24H,3-4,9,11-15H2,1-2H3. The molecule has 1 aliphatic carbocycles. The molecule has 2 aromatic rings. The monoisotopic (exact) mass is 412 g/mol. The van der Waals surface area contributed by atoms with Gasteiger partial charge in [-0.1, -0.05) is 24.3 Å². The Balaban J connectivity index is 1.71. The zero-order chi connectivity index (χ0) is 21.5. The molecule has 1 N–H and O–H groups in total. The molecule has 0 aromatic heterocycles. The lowest BCUT2D eigenvalue weighted by Gasteiger charge is -2.23. The lowest BCUT2D eigenvalue weighted by atomic mass is 9.86. The minimum atomic E-state index is -0.387. The van der Waals surface area contributed by atoms with E-state index < -0.39 is 0 Å². The van der Waals surface area contributed by atoms with Gasteiger partial charge in [0.1, 0.15) is 0 Å². The minimum absolute atomic E-state index is 0.00197. The number of carbonyl (C=O) groups is 3. The third-order valence-electron chi connectivity index (χ3n) is 5.09. The van der Waals surface area contributed by atoms with E-state index in [1.54, 1.807) is 18.7 Å². The molecule has 30 heavy (non-hydrogen) atoms. The Morgan fingerprint density at radius 1 is 1.00 bits per heavy atom. The molecule has 0 fully saturated rings. The maximum Gasteiger partial charge on any atom is 0.320 e. The second-order valence-electron chi connectivity index (χ2n) is 7.17. The van der Waals surface area contributed by atoms with E-state index in [2.05, 4.69) is 11.4 Å². The zero-order valence-electron chi connectivity index (χ0n) is 17.5. The maximum atomic E-state index is 12.7. The first kappa shape index (κ1) is 21.8. The summed E-state index contributed by atoms with van der Waals surface area (Å²) >= 11 is 0. The number of nitrogens with one attached hydrogen (secondary N) is 1. The van der Waals surface area contributed by atoms with Gasteiger partial charge in [0.05, 0.1) is 26.3 Å². The Labute approximate surface area is 176 Å². The fourth-order valence-corrected chi connectivity index (χ4v) is 3.81. The van der Waals surface area contributed by atoms with Gasteiger partial charge in [-0.2, -0.15) is 0 Å². The van der Waals surface area contributed by atoms with Crippen molar-refractivity contribution in [2.45, 2.75) is 26.7 Å². The van der Waals surface area contributed by atoms with Gasteiger partial charge in [-0.3, -0.25) is 19.3 Å². The van der Waals surface area contributed by atoms with E-state index in [0.717, 1.165) is 28.4 Å². The lowest BCUT2D eigenvalue weighted by molar-refractivity contribution is -0.148. The van der Waals surface area contributed by atoms with Crippen LogP contribution in [0.25, 0.3) is 10.8 Å². The fourth-order valence-electron chi connectivity index (χ4n) is 3.81. The highest BCUT2D eigenvalue weighted by Crippen LogP contribution is 2.34. The van der Waals surface area contributed by atoms with Gasteiger partial charge in [-0.25, -0.2) is 0 Å². The SMILES string of the molecule is CCOC(=O)CN(CCNc1ccc2cccc3c2c1C(=O)CC3)CC(=O)OCC. The first-order valence-electron chi connectivity index (χ1n) is 10.4. The molecule has 1 aliphatic rings. The number of Topliss-reactive ketones (excluding diaryl/α,β-unsaturated/α-hetero) is 1. The van der Waals surface area contributed by atoms with Crippen LogP contribution in [0.1, 0.15) is 36.2 Å². The number of ether oxygens (including phenoxy) is 2. The summed E-state index contributed by atoms with van der Waals surface area (Å²) in [6.07, 6.45) is 1.27. The summed E-state index contributed by atoms with van der Waals surface area (Å²) in [4.78, 5) is 38.1. The smallest absolute Gasteiger partial charge is 0.320 e. The average molecular weight is 412 g/mol. The number of ketones is 1. The van der Waals surface area contributed by atoms with Crippen LogP contribution in [0.3, 0.4) is 0 Å². The number of esters is 2. The van der Waals surface area contributed by atoms with Gasteiger partial charge in [0.15, 0.2) is 5.78 Å². The summed E-state index contributed by atoms with van der Waals surface area (Å²) in [5, 5.41) is 5.41. The van der Waals surface area contributed by atoms with Gasteiger partial charge in [-0.05, 0) is 42.7 Å². The van der Waals surface area contributed by atoms with E-state index >= 15 is 0 Å². The summed E-state index contributed by atoms with van der Waals surface area (Å²) < 4.78 is 10.0. The van der Waals surface area contributed by atoms with Gasteiger partial charge in [0.25, 0.3) is 0 Å². The van der Waals surface area contributed by atoms with Crippen LogP contribution in [0.4, 0.5) is 5.69 Å². The molecule has 2 aromatic carbocycles. The molecule has 0 spiro atoms. The van der Waals surface area contributed by atoms with Crippen LogP contribution in [0, 0.1) is 0 Å². The Bertz CT molecular complexity index is 921. The quantitative estimate of drug-likeness (QED) is 0.601. The highest BCUT2D eigenvalue weighted by atomic mass is 16.5. The second kappa shape index (κ2) is 10.2. The van der Waals surface area contributed by atoms with Crippen molar-refractivity contribution in [3.63, 3.8) is 0 Å². The van der Waals surface area contributed by atoms with Crippen molar-refractivity contribution in [1.82, 2.24) is 4.90 Å². The van der Waals surface area contributed by atoms with Crippen molar-refractivity contribution in [2.75, 3.05) is 44.7 Å². The largest absolute Gasteiger partial charge is 0.465 e. The summed E-state index contributed by atoms with van der Waals surface area (Å²) in [7, 11) is 0. The first-order valence-corrected chi connectivity index (χ1v) is 10.4. The van der Waals surface area contributed by atoms with Crippen LogP contribution in [0.5, 0.6) is 0 Å². The second-order valence-corrected chi connectivity index (χ2v) is 7.17. The van der Waals surface area contributed by atoms with Gasteiger partial charge in [0, 0.05) is 30.8 Å². The molecule has 0 heterocycles. The van der Waals surface area contributed by atoms with Crippen molar-refractivity contribution in [2.24, 2.45) is 0 Å². The molecular formula is C23H28N2O5. The summed E-state index contributed by atoms with van der Waals surface area (Å²) in [6.45, 7) is 4.95. The van der Waals surface area contributed by atoms with Crippen molar-refractivity contribution in [1.29, 1.82) is 0 Å². The van der Waals surface area contributed by atoms with Crippen LogP contribution in [0.15, 0.2) is 30.3 Å². The highest BCUT2D eigenvalue weighted by molar-refractivity contribution is 6.15. The Kier molecular flexibility index (Phi) is 7.41. The van der Waals surface area contributed by atoms with E-state index in [-0.39, 0.29) is 44.0 Å². The third kappa shape index (κ3) is 5.16. The van der Waals surface area contributed by atoms with Crippen molar-refractivity contribution >= 4 is 34.2 Å². The fraction of sp³-hybridized carbons (Fsp3) is 0.435. The highest BCUT2D eigenvalue weighted by Gasteiger charge is 2.22. The molecule has 0 amide bonds. The molecule has 3 rings (SSSR count). The average Bonchev–Trinajstić information content (AvgIpc) is 2.71. The zero-order valence-corrected chi connectivity index (χ0v) is 17.5. The number of anilines is 1. The minimum Gasteiger partial charge on any atom is -0.465 e. The number of aryl methyl sites for hydroxylation is 1. The third-order valence-corrected chi connectivity index (χ3v) is 5.09. The Hall–Kier alpha value is -2.93. The maximum absolute atomic E-state index is 12.7. The molecule has 0 bridgehead atoms. The molecule has 0 saturated heterocycles. The lowest BCUT2D eigenvalue weighted by Crippen LogP contribution is -2.39. The number of hydrogen-bond acceptors (Lipinski definition) is 7. The van der Waals surface area contributed by atoms with E-state index in [1.165, 1.54) is 5.56 Å². The van der Waals surface area contributed by atoms with Crippen LogP contribution in [-0.2, 0) is 25.5 Å². The van der Waals surface area contributed by atoms with Crippen molar-refractivity contribution in [3.8, 4) is 0 Å². The molecular weight excluding hydrogens is 384 g/mol. The van der Waals surface area contributed by atoms with E-state index in [4.69, 9.17) is 9.47 Å². The van der Waals surface area contributed by atoms with E-state index in [1.807, 2.05) is 24.3 Å². The van der Waals surface area contributed by atoms with E-state index in [0.29, 0.717) is 19.5 Å². The number of rotatable bonds is 10. The normalized spacial score (nSPS) is 12.8. The van der Waals surface area contributed by atoms with E-state index in [9.17, 15) is 14.4 Å². The topological polar surface area (TPSA) is 84.9 Å². The van der Waals surface area contributed by atoms with Crippen LogP contribution in [-0.4, -0.2) is 62.0 Å². The van der Waals surface area contributed by atoms with Crippen LogP contribution < -0.4 is 5.32 Å². The summed E-state index contributed by atoms with van der Waals surface area (Å²) in [6, 6.07) is 10.0. The van der Waals surface area contributed by atoms with Gasteiger partial charge in [-0.15, -0.1) is 0 Å². The molecule has 7 heteroatoms. The molecule has 160 valence electrons. The molecule has 0 radical (unpaired) electrons. The van der Waals surface area contributed by atoms with Crippen molar-refractivity contribution < 1.29 is 23.9 Å².